The van der Waals surface area contributed by atoms with Gasteiger partial charge in [-0.25, -0.2) is 9.37 Å². The first-order valence-corrected chi connectivity index (χ1v) is 7.74. The van der Waals surface area contributed by atoms with Gasteiger partial charge in [0.2, 0.25) is 0 Å². The molecule has 2 atom stereocenters. The fraction of sp³-hybridized carbons (Fsp3) is 0.500. The molecule has 0 aliphatic rings. The van der Waals surface area contributed by atoms with Crippen molar-refractivity contribution < 1.29 is 4.39 Å². The summed E-state index contributed by atoms with van der Waals surface area (Å²) in [7, 11) is 0. The van der Waals surface area contributed by atoms with Crippen molar-refractivity contribution in [3.8, 4) is 0 Å². The van der Waals surface area contributed by atoms with Crippen molar-refractivity contribution in [1.82, 2.24) is 9.55 Å². The normalized spacial score (nSPS) is 14.8. The monoisotopic (exact) mass is 346 g/mol. The summed E-state index contributed by atoms with van der Waals surface area (Å²) < 4.78 is 16.3. The van der Waals surface area contributed by atoms with Gasteiger partial charge in [-0.1, -0.05) is 20.3 Å². The van der Waals surface area contributed by atoms with Crippen LogP contribution in [-0.4, -0.2) is 9.55 Å². The van der Waals surface area contributed by atoms with Gasteiger partial charge in [0, 0.05) is 12.1 Å². The van der Waals surface area contributed by atoms with Gasteiger partial charge in [0.15, 0.2) is 0 Å². The zero-order chi connectivity index (χ0) is 14.2. The molecular weight excluding hydrogens is 331 g/mol. The number of nitrogens with zero attached hydrogens (tertiary/aromatic N) is 2. The molecule has 104 valence electrons. The lowest BCUT2D eigenvalue weighted by Gasteiger charge is -2.22. The Morgan fingerprint density at radius 2 is 2.11 bits per heavy atom. The molecule has 0 saturated heterocycles. The lowest BCUT2D eigenvalue weighted by molar-refractivity contribution is 0.371. The van der Waals surface area contributed by atoms with Crippen LogP contribution in [0.4, 0.5) is 4.39 Å². The molecule has 0 aliphatic heterocycles. The lowest BCUT2D eigenvalue weighted by atomic mass is 10.0. The second kappa shape index (κ2) is 5.80. The van der Waals surface area contributed by atoms with Crippen LogP contribution >= 0.6 is 27.5 Å². The third-order valence-corrected chi connectivity index (χ3v) is 4.65. The predicted molar refractivity (Wildman–Crippen MR) is 81.1 cm³/mol. The van der Waals surface area contributed by atoms with Gasteiger partial charge in [-0.05, 0) is 34.8 Å². The van der Waals surface area contributed by atoms with E-state index in [-0.39, 0.29) is 11.9 Å². The summed E-state index contributed by atoms with van der Waals surface area (Å²) in [4.78, 5) is 4.51. The first kappa shape index (κ1) is 14.8. The number of fused-ring (bicyclic) bond motifs is 1. The average Bonchev–Trinajstić information content (AvgIpc) is 2.75. The Labute approximate surface area is 126 Å². The van der Waals surface area contributed by atoms with Crippen molar-refractivity contribution in [3.63, 3.8) is 0 Å². The Morgan fingerprint density at radius 1 is 1.42 bits per heavy atom. The number of halogens is 3. The quantitative estimate of drug-likeness (QED) is 0.688. The summed E-state index contributed by atoms with van der Waals surface area (Å²) in [6, 6.07) is 3.48. The van der Waals surface area contributed by atoms with Crippen molar-refractivity contribution in [2.45, 2.75) is 39.1 Å². The van der Waals surface area contributed by atoms with Crippen LogP contribution in [-0.2, 0) is 5.88 Å². The van der Waals surface area contributed by atoms with Crippen LogP contribution in [0.25, 0.3) is 11.0 Å². The van der Waals surface area contributed by atoms with Crippen molar-refractivity contribution >= 4 is 38.6 Å². The van der Waals surface area contributed by atoms with E-state index in [4.69, 9.17) is 11.6 Å². The van der Waals surface area contributed by atoms with E-state index >= 15 is 0 Å². The maximum Gasteiger partial charge on any atom is 0.139 e. The second-order valence-corrected chi connectivity index (χ2v) is 6.03. The fourth-order valence-electron chi connectivity index (χ4n) is 2.28. The van der Waals surface area contributed by atoms with Crippen LogP contribution in [0.2, 0.25) is 0 Å². The summed E-state index contributed by atoms with van der Waals surface area (Å²) >= 11 is 9.18. The molecule has 2 unspecified atom stereocenters. The highest BCUT2D eigenvalue weighted by Gasteiger charge is 2.20. The topological polar surface area (TPSA) is 17.8 Å². The minimum Gasteiger partial charge on any atom is -0.324 e. The number of hydrogen-bond acceptors (Lipinski definition) is 1. The highest BCUT2D eigenvalue weighted by Crippen LogP contribution is 2.30. The molecule has 2 aromatic rings. The maximum absolute atomic E-state index is 13.8. The number of imidazole rings is 1. The highest BCUT2D eigenvalue weighted by molar-refractivity contribution is 9.10. The summed E-state index contributed by atoms with van der Waals surface area (Å²) in [5, 5.41) is 0. The van der Waals surface area contributed by atoms with Crippen molar-refractivity contribution in [2.75, 3.05) is 0 Å². The van der Waals surface area contributed by atoms with E-state index in [9.17, 15) is 4.39 Å². The van der Waals surface area contributed by atoms with Gasteiger partial charge in [-0.15, -0.1) is 11.6 Å². The van der Waals surface area contributed by atoms with Gasteiger partial charge in [0.25, 0.3) is 0 Å². The van der Waals surface area contributed by atoms with E-state index in [2.05, 4.69) is 46.3 Å². The van der Waals surface area contributed by atoms with Crippen molar-refractivity contribution in [3.05, 3.63) is 28.2 Å². The minimum absolute atomic E-state index is 0.240. The first-order chi connectivity index (χ1) is 8.99. The van der Waals surface area contributed by atoms with Crippen LogP contribution in [0, 0.1) is 11.7 Å². The van der Waals surface area contributed by atoms with Crippen LogP contribution < -0.4 is 0 Å². The third-order valence-electron chi connectivity index (χ3n) is 3.80. The summed E-state index contributed by atoms with van der Waals surface area (Å²) in [6.07, 6.45) is 1.06. The van der Waals surface area contributed by atoms with Gasteiger partial charge >= 0.3 is 0 Å². The Hall–Kier alpha value is -0.610. The molecule has 1 heterocycles. The SMILES string of the molecule is CCC(C)C(C)n1c(CCl)nc2cc(Br)c(F)cc21. The van der Waals surface area contributed by atoms with Gasteiger partial charge in [0.05, 0.1) is 21.4 Å². The molecule has 0 radical (unpaired) electrons. The first-order valence-electron chi connectivity index (χ1n) is 6.41. The molecule has 0 aliphatic carbocycles. The van der Waals surface area contributed by atoms with E-state index in [0.717, 1.165) is 23.3 Å². The Bertz CT molecular complexity index is 597. The molecule has 19 heavy (non-hydrogen) atoms. The van der Waals surface area contributed by atoms with E-state index in [1.807, 2.05) is 0 Å². The average molecular weight is 348 g/mol. The Kier molecular flexibility index (Phi) is 4.51. The van der Waals surface area contributed by atoms with Crippen LogP contribution in [0.5, 0.6) is 0 Å². The molecular formula is C14H17BrClFN2. The van der Waals surface area contributed by atoms with Gasteiger partial charge in [-0.3, -0.25) is 0 Å². The van der Waals surface area contributed by atoms with E-state index in [0.29, 0.717) is 16.3 Å². The second-order valence-electron chi connectivity index (χ2n) is 4.91. The summed E-state index contributed by atoms with van der Waals surface area (Å²) in [5.74, 6) is 1.33. The standard InChI is InChI=1S/C14H17BrClFN2/c1-4-8(2)9(3)19-13-6-11(17)10(15)5-12(13)18-14(19)7-16/h5-6,8-9H,4,7H2,1-3H3. The summed E-state index contributed by atoms with van der Waals surface area (Å²) in [6.45, 7) is 6.47. The highest BCUT2D eigenvalue weighted by atomic mass is 79.9. The third kappa shape index (κ3) is 2.65. The zero-order valence-corrected chi connectivity index (χ0v) is 13.6. The van der Waals surface area contributed by atoms with Gasteiger partial charge in [-0.2, -0.15) is 0 Å². The minimum atomic E-state index is -0.272. The van der Waals surface area contributed by atoms with Gasteiger partial charge in [0.1, 0.15) is 11.6 Å². The lowest BCUT2D eigenvalue weighted by Crippen LogP contribution is -2.15. The molecule has 0 bridgehead atoms. The maximum atomic E-state index is 13.8. The zero-order valence-electron chi connectivity index (χ0n) is 11.3. The molecule has 0 spiro atoms. The molecule has 1 aromatic heterocycles. The molecule has 0 N–H and O–H groups in total. The largest absolute Gasteiger partial charge is 0.324 e. The van der Waals surface area contributed by atoms with Gasteiger partial charge < -0.3 is 4.57 Å². The molecule has 5 heteroatoms. The van der Waals surface area contributed by atoms with Crippen LogP contribution in [0.3, 0.4) is 0 Å². The fourth-order valence-corrected chi connectivity index (χ4v) is 2.80. The number of benzene rings is 1. The number of aromatic nitrogens is 2. The molecule has 0 saturated carbocycles. The smallest absolute Gasteiger partial charge is 0.139 e. The van der Waals surface area contributed by atoms with Crippen LogP contribution in [0.1, 0.15) is 39.1 Å². The number of rotatable bonds is 4. The Balaban J connectivity index is 2.66. The van der Waals surface area contributed by atoms with Crippen LogP contribution in [0.15, 0.2) is 16.6 Å². The summed E-state index contributed by atoms with van der Waals surface area (Å²) in [5.41, 5.74) is 1.59. The number of hydrogen-bond donors (Lipinski definition) is 0. The molecule has 2 nitrogen and oxygen atoms in total. The molecule has 0 amide bonds. The van der Waals surface area contributed by atoms with Crippen molar-refractivity contribution in [2.24, 2.45) is 5.92 Å². The molecule has 2 rings (SSSR count). The molecule has 0 fully saturated rings. The van der Waals surface area contributed by atoms with E-state index in [1.165, 1.54) is 6.07 Å². The van der Waals surface area contributed by atoms with E-state index in [1.54, 1.807) is 6.07 Å². The van der Waals surface area contributed by atoms with E-state index < -0.39 is 0 Å². The van der Waals surface area contributed by atoms with Crippen molar-refractivity contribution in [1.29, 1.82) is 0 Å². The predicted octanol–water partition coefficient (Wildman–Crippen LogP) is 5.28. The Morgan fingerprint density at radius 3 is 2.68 bits per heavy atom. The number of alkyl halides is 1. The molecule has 1 aromatic carbocycles.